The molecule has 0 bridgehead atoms. The van der Waals surface area contributed by atoms with Gasteiger partial charge in [-0.2, -0.15) is 5.10 Å². The molecule has 0 aliphatic rings. The molecule has 7 heteroatoms. The minimum Gasteiger partial charge on any atom is -0.439 e. The number of rotatable bonds is 4. The van der Waals surface area contributed by atoms with Crippen LogP contribution in [-0.2, 0) is 23.3 Å². The first-order valence-electron chi connectivity index (χ1n) is 8.19. The molecule has 7 nitrogen and oxygen atoms in total. The number of nitrogens with two attached hydrogens (primary N) is 1. The van der Waals surface area contributed by atoms with E-state index in [9.17, 15) is 4.79 Å². The van der Waals surface area contributed by atoms with Gasteiger partial charge in [-0.15, -0.1) is 0 Å². The number of benzene rings is 1. The maximum atomic E-state index is 12.1. The van der Waals surface area contributed by atoms with Crippen molar-refractivity contribution in [2.75, 3.05) is 5.73 Å². The first kappa shape index (κ1) is 17.0. The van der Waals surface area contributed by atoms with Gasteiger partial charge in [0.1, 0.15) is 17.9 Å². The monoisotopic (exact) mass is 341 g/mol. The molecule has 1 aromatic carbocycles. The van der Waals surface area contributed by atoms with Crippen molar-refractivity contribution in [3.8, 4) is 0 Å². The van der Waals surface area contributed by atoms with E-state index in [1.54, 1.807) is 6.07 Å². The van der Waals surface area contributed by atoms with Crippen LogP contribution in [0.2, 0.25) is 0 Å². The first-order chi connectivity index (χ1) is 11.7. The van der Waals surface area contributed by atoms with Crippen LogP contribution in [0, 0.1) is 6.92 Å². The second-order valence-corrected chi connectivity index (χ2v) is 7.19. The van der Waals surface area contributed by atoms with E-state index in [0.29, 0.717) is 17.3 Å². The molecular formula is C18H23N5O2. The lowest BCUT2D eigenvalue weighted by molar-refractivity contribution is -0.122. The molecule has 0 radical (unpaired) electrons. The standard InChI is InChI=1S/C18H23N5O2/c1-11-7-15(19)23(22-11)10-16(24)20-9-17-21-13-8-12(18(2,3)4)5-6-14(13)25-17/h5-8H,9-10,19H2,1-4H3,(H,20,24). The molecule has 3 aromatic rings. The van der Waals surface area contributed by atoms with E-state index in [4.69, 9.17) is 10.2 Å². The molecule has 1 amide bonds. The van der Waals surface area contributed by atoms with Crippen LogP contribution in [0.5, 0.6) is 0 Å². The summed E-state index contributed by atoms with van der Waals surface area (Å²) >= 11 is 0. The number of aryl methyl sites for hydroxylation is 1. The highest BCUT2D eigenvalue weighted by Crippen LogP contribution is 2.26. The number of anilines is 1. The summed E-state index contributed by atoms with van der Waals surface area (Å²) in [5.41, 5.74) is 9.30. The summed E-state index contributed by atoms with van der Waals surface area (Å²) in [6, 6.07) is 7.71. The molecule has 25 heavy (non-hydrogen) atoms. The Morgan fingerprint density at radius 1 is 1.32 bits per heavy atom. The van der Waals surface area contributed by atoms with Gasteiger partial charge in [0.05, 0.1) is 12.2 Å². The van der Waals surface area contributed by atoms with Crippen molar-refractivity contribution in [3.05, 3.63) is 41.4 Å². The van der Waals surface area contributed by atoms with Crippen molar-refractivity contribution >= 4 is 22.8 Å². The lowest BCUT2D eigenvalue weighted by Crippen LogP contribution is -2.28. The van der Waals surface area contributed by atoms with Crippen LogP contribution < -0.4 is 11.1 Å². The fourth-order valence-electron chi connectivity index (χ4n) is 2.58. The number of oxazole rings is 1. The highest BCUT2D eigenvalue weighted by Gasteiger charge is 2.16. The zero-order chi connectivity index (χ0) is 18.2. The Morgan fingerprint density at radius 2 is 2.08 bits per heavy atom. The number of fused-ring (bicyclic) bond motifs is 1. The van der Waals surface area contributed by atoms with E-state index in [1.807, 2.05) is 25.1 Å². The van der Waals surface area contributed by atoms with Crippen LogP contribution >= 0.6 is 0 Å². The molecule has 132 valence electrons. The van der Waals surface area contributed by atoms with Crippen molar-refractivity contribution in [2.24, 2.45) is 0 Å². The normalized spacial score (nSPS) is 11.8. The third-order valence-corrected chi connectivity index (χ3v) is 3.96. The van der Waals surface area contributed by atoms with Crippen molar-refractivity contribution in [2.45, 2.75) is 46.2 Å². The van der Waals surface area contributed by atoms with Crippen molar-refractivity contribution in [1.29, 1.82) is 0 Å². The average molecular weight is 341 g/mol. The molecule has 2 aromatic heterocycles. The molecule has 0 saturated carbocycles. The van der Waals surface area contributed by atoms with E-state index in [0.717, 1.165) is 11.2 Å². The summed E-state index contributed by atoms with van der Waals surface area (Å²) in [5.74, 6) is 0.732. The number of nitrogens with zero attached hydrogens (tertiary/aromatic N) is 3. The number of carbonyl (C=O) groups is 1. The van der Waals surface area contributed by atoms with Crippen molar-refractivity contribution < 1.29 is 9.21 Å². The van der Waals surface area contributed by atoms with Crippen molar-refractivity contribution in [3.63, 3.8) is 0 Å². The maximum absolute atomic E-state index is 12.1. The van der Waals surface area contributed by atoms with Crippen LogP contribution in [0.3, 0.4) is 0 Å². The van der Waals surface area contributed by atoms with E-state index in [1.165, 1.54) is 10.2 Å². The lowest BCUT2D eigenvalue weighted by atomic mass is 9.87. The fraction of sp³-hybridized carbons (Fsp3) is 0.389. The highest BCUT2D eigenvalue weighted by atomic mass is 16.3. The fourth-order valence-corrected chi connectivity index (χ4v) is 2.58. The van der Waals surface area contributed by atoms with Gasteiger partial charge >= 0.3 is 0 Å². The molecule has 0 unspecified atom stereocenters. The second-order valence-electron chi connectivity index (χ2n) is 7.19. The third-order valence-electron chi connectivity index (χ3n) is 3.96. The summed E-state index contributed by atoms with van der Waals surface area (Å²) in [6.07, 6.45) is 0. The summed E-state index contributed by atoms with van der Waals surface area (Å²) in [5, 5.41) is 6.94. The van der Waals surface area contributed by atoms with Gasteiger partial charge in [0.15, 0.2) is 5.58 Å². The van der Waals surface area contributed by atoms with Crippen molar-refractivity contribution in [1.82, 2.24) is 20.1 Å². The predicted octanol–water partition coefficient (Wildman–Crippen LogP) is 2.53. The van der Waals surface area contributed by atoms with Crippen LogP contribution in [0.1, 0.15) is 37.9 Å². The molecule has 0 aliphatic heterocycles. The molecular weight excluding hydrogens is 318 g/mol. The van der Waals surface area contributed by atoms with Gasteiger partial charge in [0.2, 0.25) is 11.8 Å². The smallest absolute Gasteiger partial charge is 0.242 e. The minimum absolute atomic E-state index is 0.0450. The van der Waals surface area contributed by atoms with Gasteiger partial charge in [-0.05, 0) is 30.0 Å². The van der Waals surface area contributed by atoms with Gasteiger partial charge in [-0.25, -0.2) is 9.67 Å². The molecule has 3 rings (SSSR count). The number of nitrogen functional groups attached to an aromatic ring is 1. The van der Waals surface area contributed by atoms with E-state index >= 15 is 0 Å². The van der Waals surface area contributed by atoms with Crippen LogP contribution in [-0.4, -0.2) is 20.7 Å². The van der Waals surface area contributed by atoms with Gasteiger partial charge in [0, 0.05) is 6.07 Å². The lowest BCUT2D eigenvalue weighted by Gasteiger charge is -2.18. The maximum Gasteiger partial charge on any atom is 0.242 e. The third kappa shape index (κ3) is 3.81. The Morgan fingerprint density at radius 3 is 2.72 bits per heavy atom. The van der Waals surface area contributed by atoms with Gasteiger partial charge in [-0.1, -0.05) is 26.8 Å². The predicted molar refractivity (Wildman–Crippen MR) is 95.9 cm³/mol. The number of nitrogens with one attached hydrogen (secondary N) is 1. The molecule has 0 aliphatic carbocycles. The number of hydrogen-bond acceptors (Lipinski definition) is 5. The number of amides is 1. The Kier molecular flexibility index (Phi) is 4.24. The van der Waals surface area contributed by atoms with E-state index in [-0.39, 0.29) is 24.4 Å². The molecule has 0 fully saturated rings. The zero-order valence-electron chi connectivity index (χ0n) is 15.0. The Balaban J connectivity index is 1.66. The number of carbonyl (C=O) groups excluding carboxylic acids is 1. The summed E-state index contributed by atoms with van der Waals surface area (Å²) in [4.78, 5) is 16.5. The molecule has 3 N–H and O–H groups in total. The zero-order valence-corrected chi connectivity index (χ0v) is 15.0. The largest absolute Gasteiger partial charge is 0.439 e. The summed E-state index contributed by atoms with van der Waals surface area (Å²) < 4.78 is 7.16. The van der Waals surface area contributed by atoms with Gasteiger partial charge < -0.3 is 15.5 Å². The van der Waals surface area contributed by atoms with Crippen LogP contribution in [0.4, 0.5) is 5.82 Å². The van der Waals surface area contributed by atoms with Crippen LogP contribution in [0.25, 0.3) is 11.1 Å². The quantitative estimate of drug-likeness (QED) is 0.760. The van der Waals surface area contributed by atoms with Crippen LogP contribution in [0.15, 0.2) is 28.7 Å². The summed E-state index contributed by atoms with van der Waals surface area (Å²) in [7, 11) is 0. The van der Waals surface area contributed by atoms with E-state index < -0.39 is 0 Å². The second kappa shape index (κ2) is 6.23. The topological polar surface area (TPSA) is 99.0 Å². The van der Waals surface area contributed by atoms with E-state index in [2.05, 4.69) is 36.2 Å². The SMILES string of the molecule is Cc1cc(N)n(CC(=O)NCc2nc3cc(C(C)(C)C)ccc3o2)n1. The summed E-state index contributed by atoms with van der Waals surface area (Å²) in [6.45, 7) is 8.57. The number of aromatic nitrogens is 3. The Hall–Kier alpha value is -2.83. The Labute approximate surface area is 146 Å². The minimum atomic E-state index is -0.201. The molecule has 0 spiro atoms. The first-order valence-corrected chi connectivity index (χ1v) is 8.19. The molecule has 2 heterocycles. The average Bonchev–Trinajstić information content (AvgIpc) is 3.06. The highest BCUT2D eigenvalue weighted by molar-refractivity contribution is 5.76. The number of hydrogen-bond donors (Lipinski definition) is 2. The van der Waals surface area contributed by atoms with Gasteiger partial charge in [0.25, 0.3) is 0 Å². The molecule has 0 atom stereocenters. The molecule has 0 saturated heterocycles. The Bertz CT molecular complexity index is 917. The van der Waals surface area contributed by atoms with Gasteiger partial charge in [-0.3, -0.25) is 4.79 Å².